The maximum atomic E-state index is 5.71. The van der Waals surface area contributed by atoms with Crippen LogP contribution >= 0.6 is 12.2 Å². The smallest absolute Gasteiger partial charge is 0.288 e. The number of benzene rings is 1. The van der Waals surface area contributed by atoms with Gasteiger partial charge in [-0.3, -0.25) is 4.90 Å². The van der Waals surface area contributed by atoms with E-state index in [1.165, 1.54) is 0 Å². The molecular weight excluding hydrogens is 338 g/mol. The van der Waals surface area contributed by atoms with Crippen LogP contribution in [-0.4, -0.2) is 34.6 Å². The van der Waals surface area contributed by atoms with Crippen molar-refractivity contribution in [2.24, 2.45) is 11.8 Å². The lowest BCUT2D eigenvalue weighted by Gasteiger charge is -2.25. The minimum atomic E-state index is 0.246. The molecule has 3 rings (SSSR count). The van der Waals surface area contributed by atoms with Gasteiger partial charge in [0, 0.05) is 18.7 Å². The zero-order valence-corrected chi connectivity index (χ0v) is 16.0. The minimum absolute atomic E-state index is 0.246. The number of ether oxygens (including phenoxy) is 2. The SMILES string of the molecule is CC(C)CN(CC(C)C)Cn1nc(-c2ccc3c(c2)OCO3)oc1=S. The predicted octanol–water partition coefficient (Wildman–Crippen LogP) is 4.17. The van der Waals surface area contributed by atoms with E-state index in [0.717, 1.165) is 24.4 Å². The van der Waals surface area contributed by atoms with Crippen molar-refractivity contribution < 1.29 is 13.9 Å². The van der Waals surface area contributed by atoms with Gasteiger partial charge in [-0.2, -0.15) is 0 Å². The maximum absolute atomic E-state index is 5.71. The molecule has 1 aromatic heterocycles. The van der Waals surface area contributed by atoms with Crippen LogP contribution in [0, 0.1) is 16.7 Å². The first-order chi connectivity index (χ1) is 11.9. The molecule has 25 heavy (non-hydrogen) atoms. The average Bonchev–Trinajstić information content (AvgIpc) is 3.12. The molecule has 1 aliphatic heterocycles. The van der Waals surface area contributed by atoms with Crippen molar-refractivity contribution in [3.8, 4) is 23.0 Å². The molecule has 0 fully saturated rings. The number of nitrogens with zero attached hydrogens (tertiary/aromatic N) is 3. The van der Waals surface area contributed by atoms with Gasteiger partial charge in [0.2, 0.25) is 12.7 Å². The van der Waals surface area contributed by atoms with Crippen molar-refractivity contribution in [2.75, 3.05) is 19.9 Å². The van der Waals surface area contributed by atoms with E-state index in [4.69, 9.17) is 26.1 Å². The molecule has 0 saturated carbocycles. The fraction of sp³-hybridized carbons (Fsp3) is 0.556. The summed E-state index contributed by atoms with van der Waals surface area (Å²) in [6.07, 6.45) is 0. The van der Waals surface area contributed by atoms with Crippen LogP contribution in [-0.2, 0) is 6.67 Å². The Morgan fingerprint density at radius 3 is 2.48 bits per heavy atom. The first kappa shape index (κ1) is 17.9. The molecule has 0 spiro atoms. The Morgan fingerprint density at radius 2 is 1.80 bits per heavy atom. The molecule has 6 nitrogen and oxygen atoms in total. The monoisotopic (exact) mass is 363 g/mol. The van der Waals surface area contributed by atoms with Crippen molar-refractivity contribution in [1.29, 1.82) is 0 Å². The molecule has 0 N–H and O–H groups in total. The van der Waals surface area contributed by atoms with Crippen LogP contribution in [0.5, 0.6) is 11.5 Å². The molecule has 7 heteroatoms. The van der Waals surface area contributed by atoms with Gasteiger partial charge in [-0.1, -0.05) is 27.7 Å². The molecule has 136 valence electrons. The van der Waals surface area contributed by atoms with Gasteiger partial charge in [-0.05, 0) is 42.3 Å². The van der Waals surface area contributed by atoms with Crippen molar-refractivity contribution >= 4 is 12.2 Å². The van der Waals surface area contributed by atoms with Crippen LogP contribution in [0.25, 0.3) is 11.5 Å². The summed E-state index contributed by atoms with van der Waals surface area (Å²) in [5, 5.41) is 4.57. The molecule has 1 aromatic carbocycles. The van der Waals surface area contributed by atoms with Crippen LogP contribution < -0.4 is 9.47 Å². The second kappa shape index (κ2) is 7.58. The van der Waals surface area contributed by atoms with E-state index in [9.17, 15) is 0 Å². The standard InChI is InChI=1S/C18H25N3O3S/c1-12(2)8-20(9-13(3)4)10-21-18(25)24-17(19-21)14-5-6-15-16(7-14)23-11-22-15/h5-7,12-13H,8-11H2,1-4H3. The van der Waals surface area contributed by atoms with E-state index in [0.29, 0.717) is 35.0 Å². The number of hydrogen-bond acceptors (Lipinski definition) is 6. The summed E-state index contributed by atoms with van der Waals surface area (Å²) in [5.74, 6) is 3.09. The van der Waals surface area contributed by atoms with Gasteiger partial charge in [0.05, 0.1) is 6.67 Å². The summed E-state index contributed by atoms with van der Waals surface area (Å²) in [6, 6.07) is 5.63. The highest BCUT2D eigenvalue weighted by Crippen LogP contribution is 2.35. The molecule has 0 radical (unpaired) electrons. The van der Waals surface area contributed by atoms with Gasteiger partial charge in [0.15, 0.2) is 11.5 Å². The lowest BCUT2D eigenvalue weighted by atomic mass is 10.1. The molecule has 0 unspecified atom stereocenters. The Hall–Kier alpha value is -1.86. The Labute approximate surface area is 153 Å². The molecule has 1 aliphatic rings. The Balaban J connectivity index is 1.80. The molecule has 0 aliphatic carbocycles. The van der Waals surface area contributed by atoms with Gasteiger partial charge >= 0.3 is 0 Å². The van der Waals surface area contributed by atoms with E-state index >= 15 is 0 Å². The van der Waals surface area contributed by atoms with Crippen LogP contribution in [0.3, 0.4) is 0 Å². The number of hydrogen-bond donors (Lipinski definition) is 0. The van der Waals surface area contributed by atoms with Gasteiger partial charge in [0.25, 0.3) is 4.84 Å². The Kier molecular flexibility index (Phi) is 5.44. The summed E-state index contributed by atoms with van der Waals surface area (Å²) in [4.78, 5) is 2.74. The Morgan fingerprint density at radius 1 is 1.12 bits per heavy atom. The summed E-state index contributed by atoms with van der Waals surface area (Å²) >= 11 is 5.37. The summed E-state index contributed by atoms with van der Waals surface area (Å²) in [5.41, 5.74) is 0.827. The van der Waals surface area contributed by atoms with Crippen molar-refractivity contribution in [1.82, 2.24) is 14.7 Å². The average molecular weight is 363 g/mol. The van der Waals surface area contributed by atoms with Crippen LogP contribution in [0.1, 0.15) is 27.7 Å². The largest absolute Gasteiger partial charge is 0.454 e. The van der Waals surface area contributed by atoms with Crippen molar-refractivity contribution in [2.45, 2.75) is 34.4 Å². The van der Waals surface area contributed by atoms with E-state index in [1.807, 2.05) is 18.2 Å². The molecule has 0 saturated heterocycles. The third-order valence-electron chi connectivity index (χ3n) is 3.81. The third kappa shape index (κ3) is 4.41. The second-order valence-corrected chi connectivity index (χ2v) is 7.56. The highest BCUT2D eigenvalue weighted by Gasteiger charge is 2.18. The first-order valence-corrected chi connectivity index (χ1v) is 9.03. The number of aromatic nitrogens is 2. The first-order valence-electron chi connectivity index (χ1n) is 8.62. The fourth-order valence-corrected chi connectivity index (χ4v) is 3.13. The van der Waals surface area contributed by atoms with Crippen LogP contribution in [0.15, 0.2) is 22.6 Å². The van der Waals surface area contributed by atoms with Crippen molar-refractivity contribution in [3.05, 3.63) is 23.0 Å². The van der Waals surface area contributed by atoms with E-state index in [2.05, 4.69) is 37.7 Å². The fourth-order valence-electron chi connectivity index (χ4n) is 2.95. The zero-order valence-electron chi connectivity index (χ0n) is 15.2. The molecule has 0 atom stereocenters. The predicted molar refractivity (Wildman–Crippen MR) is 98.1 cm³/mol. The maximum Gasteiger partial charge on any atom is 0.288 e. The van der Waals surface area contributed by atoms with E-state index in [1.54, 1.807) is 4.68 Å². The lowest BCUT2D eigenvalue weighted by molar-refractivity contribution is 0.163. The summed E-state index contributed by atoms with van der Waals surface area (Å²) < 4.78 is 18.2. The molecule has 2 heterocycles. The highest BCUT2D eigenvalue weighted by molar-refractivity contribution is 7.71. The minimum Gasteiger partial charge on any atom is -0.454 e. The summed E-state index contributed by atoms with van der Waals surface area (Å²) in [6.45, 7) is 11.7. The van der Waals surface area contributed by atoms with Gasteiger partial charge in [-0.25, -0.2) is 4.68 Å². The van der Waals surface area contributed by atoms with Crippen LogP contribution in [0.2, 0.25) is 0 Å². The second-order valence-electron chi connectivity index (χ2n) is 7.21. The number of rotatable bonds is 7. The van der Waals surface area contributed by atoms with Crippen molar-refractivity contribution in [3.63, 3.8) is 0 Å². The van der Waals surface area contributed by atoms with Crippen LogP contribution in [0.4, 0.5) is 0 Å². The number of fused-ring (bicyclic) bond motifs is 1. The van der Waals surface area contributed by atoms with E-state index < -0.39 is 0 Å². The van der Waals surface area contributed by atoms with Gasteiger partial charge < -0.3 is 13.9 Å². The summed E-state index contributed by atoms with van der Waals surface area (Å²) in [7, 11) is 0. The molecule has 2 aromatic rings. The van der Waals surface area contributed by atoms with Gasteiger partial charge in [-0.15, -0.1) is 5.10 Å². The van der Waals surface area contributed by atoms with E-state index in [-0.39, 0.29) is 6.79 Å². The third-order valence-corrected chi connectivity index (χ3v) is 4.10. The highest BCUT2D eigenvalue weighted by atomic mass is 32.1. The molecule has 0 amide bonds. The lowest BCUT2D eigenvalue weighted by Crippen LogP contribution is -2.33. The molecular formula is C18H25N3O3S. The zero-order chi connectivity index (χ0) is 18.0. The Bertz CT molecular complexity index is 772. The quantitative estimate of drug-likeness (QED) is 0.688. The topological polar surface area (TPSA) is 52.7 Å². The van der Waals surface area contributed by atoms with Gasteiger partial charge in [0.1, 0.15) is 0 Å². The molecule has 0 bridgehead atoms. The normalized spacial score (nSPS) is 13.4.